The molecule has 3 nitrogen and oxygen atoms in total. The molecular formula is C21H22BrNO2. The molecule has 0 fully saturated rings. The first kappa shape index (κ1) is 17.7. The van der Waals surface area contributed by atoms with Crippen LogP contribution in [0.3, 0.4) is 0 Å². The second kappa shape index (κ2) is 7.87. The number of alkyl halides is 1. The molecule has 0 aliphatic rings. The summed E-state index contributed by atoms with van der Waals surface area (Å²) in [5, 5.41) is 0.857. The van der Waals surface area contributed by atoms with Gasteiger partial charge < -0.3 is 9.15 Å². The van der Waals surface area contributed by atoms with Gasteiger partial charge in [-0.2, -0.15) is 0 Å². The zero-order valence-corrected chi connectivity index (χ0v) is 16.4. The third-order valence-electron chi connectivity index (χ3n) is 4.17. The van der Waals surface area contributed by atoms with Crippen LogP contribution in [-0.2, 0) is 11.8 Å². The number of nitrogens with zero attached hydrogens (tertiary/aromatic N) is 1. The minimum absolute atomic E-state index is 0.580. The Bertz CT molecular complexity index is 833. The van der Waals surface area contributed by atoms with Gasteiger partial charge in [-0.3, -0.25) is 0 Å². The minimum Gasteiger partial charge on any atom is -0.493 e. The molecule has 0 amide bonds. The topological polar surface area (TPSA) is 35.3 Å². The number of hydrogen-bond acceptors (Lipinski definition) is 3. The first-order valence-corrected chi connectivity index (χ1v) is 9.51. The fraction of sp³-hybridized carbons (Fsp3) is 0.286. The standard InChI is InChI=1S/C21H22BrNO2/c1-14-11-17(13-22)12-15(2)20(14)24-10-9-19-16(3)25-21(23-19)18-7-5-4-6-8-18/h4-8,11-12H,9-10,13H2,1-3H3. The van der Waals surface area contributed by atoms with Gasteiger partial charge in [0.15, 0.2) is 0 Å². The smallest absolute Gasteiger partial charge is 0.226 e. The Labute approximate surface area is 157 Å². The predicted molar refractivity (Wildman–Crippen MR) is 104 cm³/mol. The summed E-state index contributed by atoms with van der Waals surface area (Å²) in [5.41, 5.74) is 5.54. The lowest BCUT2D eigenvalue weighted by Crippen LogP contribution is -2.05. The average molecular weight is 400 g/mol. The molecule has 0 bridgehead atoms. The van der Waals surface area contributed by atoms with E-state index in [0.717, 1.165) is 45.6 Å². The van der Waals surface area contributed by atoms with Gasteiger partial charge in [0, 0.05) is 17.3 Å². The molecule has 130 valence electrons. The minimum atomic E-state index is 0.580. The lowest BCUT2D eigenvalue weighted by Gasteiger charge is -2.13. The van der Waals surface area contributed by atoms with Crippen LogP contribution in [-0.4, -0.2) is 11.6 Å². The summed E-state index contributed by atoms with van der Waals surface area (Å²) < 4.78 is 11.9. The summed E-state index contributed by atoms with van der Waals surface area (Å²) in [6.45, 7) is 6.71. The van der Waals surface area contributed by atoms with Crippen LogP contribution >= 0.6 is 15.9 Å². The van der Waals surface area contributed by atoms with Crippen molar-refractivity contribution < 1.29 is 9.15 Å². The van der Waals surface area contributed by atoms with E-state index in [4.69, 9.17) is 9.15 Å². The highest BCUT2D eigenvalue weighted by atomic mass is 79.9. The van der Waals surface area contributed by atoms with E-state index in [0.29, 0.717) is 12.5 Å². The number of aryl methyl sites for hydroxylation is 3. The van der Waals surface area contributed by atoms with Crippen molar-refractivity contribution in [2.75, 3.05) is 6.61 Å². The van der Waals surface area contributed by atoms with Crippen LogP contribution in [0.25, 0.3) is 11.5 Å². The predicted octanol–water partition coefficient (Wildman–Crippen LogP) is 5.78. The fourth-order valence-electron chi connectivity index (χ4n) is 2.96. The molecule has 0 N–H and O–H groups in total. The van der Waals surface area contributed by atoms with E-state index in [-0.39, 0.29) is 0 Å². The molecule has 3 rings (SSSR count). The molecule has 1 aromatic heterocycles. The summed E-state index contributed by atoms with van der Waals surface area (Å²) in [6.07, 6.45) is 0.723. The Morgan fingerprint density at radius 3 is 2.36 bits per heavy atom. The van der Waals surface area contributed by atoms with Gasteiger partial charge in [-0.05, 0) is 49.6 Å². The molecule has 0 saturated carbocycles. The van der Waals surface area contributed by atoms with Gasteiger partial charge in [0.2, 0.25) is 5.89 Å². The molecule has 25 heavy (non-hydrogen) atoms. The highest BCUT2D eigenvalue weighted by Gasteiger charge is 2.12. The number of ether oxygens (including phenoxy) is 1. The van der Waals surface area contributed by atoms with Gasteiger partial charge >= 0.3 is 0 Å². The zero-order valence-electron chi connectivity index (χ0n) is 14.8. The van der Waals surface area contributed by atoms with Gasteiger partial charge in [0.1, 0.15) is 11.5 Å². The Balaban J connectivity index is 1.68. The summed E-state index contributed by atoms with van der Waals surface area (Å²) in [4.78, 5) is 4.63. The molecule has 0 radical (unpaired) electrons. The maximum Gasteiger partial charge on any atom is 0.226 e. The monoisotopic (exact) mass is 399 g/mol. The third kappa shape index (κ3) is 4.13. The SMILES string of the molecule is Cc1cc(CBr)cc(C)c1OCCc1nc(-c2ccccc2)oc1C. The second-order valence-electron chi connectivity index (χ2n) is 6.18. The molecule has 0 aliphatic heterocycles. The van der Waals surface area contributed by atoms with E-state index in [1.54, 1.807) is 0 Å². The third-order valence-corrected chi connectivity index (χ3v) is 4.82. The number of hydrogen-bond donors (Lipinski definition) is 0. The number of benzene rings is 2. The van der Waals surface area contributed by atoms with Gasteiger partial charge in [-0.1, -0.05) is 46.3 Å². The molecule has 0 saturated heterocycles. The molecular weight excluding hydrogens is 378 g/mol. The lowest BCUT2D eigenvalue weighted by atomic mass is 10.1. The van der Waals surface area contributed by atoms with Gasteiger partial charge in [-0.15, -0.1) is 0 Å². The molecule has 3 aromatic rings. The van der Waals surface area contributed by atoms with E-state index in [1.165, 1.54) is 5.56 Å². The van der Waals surface area contributed by atoms with Crippen LogP contribution in [0, 0.1) is 20.8 Å². The van der Waals surface area contributed by atoms with Gasteiger partial charge in [0.25, 0.3) is 0 Å². The number of rotatable bonds is 6. The normalized spacial score (nSPS) is 10.9. The van der Waals surface area contributed by atoms with Crippen LogP contribution in [0.15, 0.2) is 46.9 Å². The first-order chi connectivity index (χ1) is 12.1. The number of halogens is 1. The summed E-state index contributed by atoms with van der Waals surface area (Å²) in [5.74, 6) is 2.49. The van der Waals surface area contributed by atoms with Crippen molar-refractivity contribution in [2.45, 2.75) is 32.5 Å². The molecule has 1 heterocycles. The van der Waals surface area contributed by atoms with Crippen LogP contribution in [0.5, 0.6) is 5.75 Å². The number of oxazole rings is 1. The van der Waals surface area contributed by atoms with E-state index in [1.807, 2.05) is 37.3 Å². The highest BCUT2D eigenvalue weighted by Crippen LogP contribution is 2.26. The molecule has 4 heteroatoms. The number of aromatic nitrogens is 1. The van der Waals surface area contributed by atoms with Gasteiger partial charge in [-0.25, -0.2) is 4.98 Å². The Morgan fingerprint density at radius 1 is 1.04 bits per heavy atom. The molecule has 0 aliphatic carbocycles. The summed E-state index contributed by atoms with van der Waals surface area (Å²) >= 11 is 3.50. The van der Waals surface area contributed by atoms with E-state index in [9.17, 15) is 0 Å². The van der Waals surface area contributed by atoms with Crippen LogP contribution < -0.4 is 4.74 Å². The quantitative estimate of drug-likeness (QED) is 0.492. The Kier molecular flexibility index (Phi) is 5.59. The van der Waals surface area contributed by atoms with Crippen molar-refractivity contribution in [1.82, 2.24) is 4.98 Å². The van der Waals surface area contributed by atoms with Crippen LogP contribution in [0.2, 0.25) is 0 Å². The Hall–Kier alpha value is -2.07. The van der Waals surface area contributed by atoms with Crippen molar-refractivity contribution in [3.63, 3.8) is 0 Å². The Morgan fingerprint density at radius 2 is 1.72 bits per heavy atom. The van der Waals surface area contributed by atoms with Crippen molar-refractivity contribution >= 4 is 15.9 Å². The summed E-state index contributed by atoms with van der Waals surface area (Å²) in [7, 11) is 0. The largest absolute Gasteiger partial charge is 0.493 e. The molecule has 2 aromatic carbocycles. The highest BCUT2D eigenvalue weighted by molar-refractivity contribution is 9.08. The van der Waals surface area contributed by atoms with Crippen molar-refractivity contribution in [3.05, 3.63) is 70.6 Å². The molecule has 0 spiro atoms. The lowest BCUT2D eigenvalue weighted by molar-refractivity contribution is 0.315. The van der Waals surface area contributed by atoms with Crippen LogP contribution in [0.4, 0.5) is 0 Å². The van der Waals surface area contributed by atoms with Gasteiger partial charge in [0.05, 0.1) is 12.3 Å². The molecule has 0 unspecified atom stereocenters. The summed E-state index contributed by atoms with van der Waals surface area (Å²) in [6, 6.07) is 14.3. The second-order valence-corrected chi connectivity index (χ2v) is 6.74. The zero-order chi connectivity index (χ0) is 17.8. The van der Waals surface area contributed by atoms with E-state index in [2.05, 4.69) is 46.9 Å². The molecule has 0 atom stereocenters. The van der Waals surface area contributed by atoms with E-state index < -0.39 is 0 Å². The fourth-order valence-corrected chi connectivity index (χ4v) is 3.28. The van der Waals surface area contributed by atoms with Crippen LogP contribution in [0.1, 0.15) is 28.1 Å². The van der Waals surface area contributed by atoms with Crippen molar-refractivity contribution in [1.29, 1.82) is 0 Å². The van der Waals surface area contributed by atoms with Crippen molar-refractivity contribution in [3.8, 4) is 17.2 Å². The first-order valence-electron chi connectivity index (χ1n) is 8.39. The maximum absolute atomic E-state index is 6.04. The van der Waals surface area contributed by atoms with E-state index >= 15 is 0 Å². The van der Waals surface area contributed by atoms with Crippen molar-refractivity contribution in [2.24, 2.45) is 0 Å². The maximum atomic E-state index is 6.04. The average Bonchev–Trinajstić information content (AvgIpc) is 2.98.